The Bertz CT molecular complexity index is 598. The number of rotatable bonds is 5. The molecule has 1 aromatic heterocycles. The molecule has 1 atom stereocenters. The van der Waals surface area contributed by atoms with Crippen LogP contribution in [0.5, 0.6) is 5.75 Å². The van der Waals surface area contributed by atoms with Gasteiger partial charge in [-0.3, -0.25) is 0 Å². The van der Waals surface area contributed by atoms with Gasteiger partial charge < -0.3 is 10.1 Å². The molecule has 0 aliphatic rings. The fraction of sp³-hybridized carbons (Fsp3) is 0.333. The van der Waals surface area contributed by atoms with Crippen molar-refractivity contribution in [3.05, 3.63) is 49.6 Å². The van der Waals surface area contributed by atoms with E-state index in [0.717, 1.165) is 27.8 Å². The molecule has 0 fully saturated rings. The number of ether oxygens (including phenoxy) is 1. The van der Waals surface area contributed by atoms with E-state index in [0.29, 0.717) is 4.34 Å². The van der Waals surface area contributed by atoms with E-state index in [2.05, 4.69) is 25.2 Å². The van der Waals surface area contributed by atoms with Gasteiger partial charge in [0.2, 0.25) is 0 Å². The van der Waals surface area contributed by atoms with Gasteiger partial charge >= 0.3 is 0 Å². The van der Waals surface area contributed by atoms with Crippen LogP contribution >= 0.6 is 34.5 Å². The van der Waals surface area contributed by atoms with Crippen molar-refractivity contribution in [2.24, 2.45) is 0 Å². The number of benzene rings is 1. The Morgan fingerprint density at radius 2 is 2.00 bits per heavy atom. The first-order valence-corrected chi connectivity index (χ1v) is 7.96. The van der Waals surface area contributed by atoms with Crippen LogP contribution in [-0.4, -0.2) is 13.7 Å². The molecular weight excluding hydrogens is 313 g/mol. The van der Waals surface area contributed by atoms with Crippen molar-refractivity contribution in [2.45, 2.75) is 19.9 Å². The highest BCUT2D eigenvalue weighted by molar-refractivity contribution is 7.20. The number of nitrogens with one attached hydrogen (secondary N) is 1. The monoisotopic (exact) mass is 329 g/mol. The van der Waals surface area contributed by atoms with Crippen LogP contribution in [-0.2, 0) is 0 Å². The molecule has 0 saturated heterocycles. The Balaban J connectivity index is 2.45. The fourth-order valence-corrected chi connectivity index (χ4v) is 3.77. The lowest BCUT2D eigenvalue weighted by atomic mass is 9.96. The number of methoxy groups -OCH3 is 1. The molecule has 1 N–H and O–H groups in total. The maximum atomic E-state index is 6.31. The molecular formula is C15H17Cl2NOS. The number of halogens is 2. The molecule has 1 unspecified atom stereocenters. The van der Waals surface area contributed by atoms with Crippen LogP contribution in [0.25, 0.3) is 0 Å². The summed E-state index contributed by atoms with van der Waals surface area (Å²) in [6.07, 6.45) is 0. The third-order valence-electron chi connectivity index (χ3n) is 3.19. The molecule has 2 aromatic rings. The average Bonchev–Trinajstić information content (AvgIpc) is 2.75. The molecule has 0 saturated carbocycles. The molecule has 5 heteroatoms. The second-order valence-corrected chi connectivity index (χ2v) is 6.78. The van der Waals surface area contributed by atoms with Gasteiger partial charge in [0.25, 0.3) is 0 Å². The topological polar surface area (TPSA) is 21.3 Å². The van der Waals surface area contributed by atoms with E-state index >= 15 is 0 Å². The summed E-state index contributed by atoms with van der Waals surface area (Å²) in [5.41, 5.74) is 3.37. The first kappa shape index (κ1) is 15.6. The van der Waals surface area contributed by atoms with Crippen LogP contribution in [0.3, 0.4) is 0 Å². The maximum Gasteiger partial charge on any atom is 0.119 e. The first-order chi connectivity index (χ1) is 9.56. The van der Waals surface area contributed by atoms with Crippen molar-refractivity contribution in [3.8, 4) is 5.75 Å². The summed E-state index contributed by atoms with van der Waals surface area (Å²) in [6, 6.07) is 8.05. The van der Waals surface area contributed by atoms with E-state index in [1.54, 1.807) is 7.11 Å². The van der Waals surface area contributed by atoms with Crippen molar-refractivity contribution in [1.82, 2.24) is 5.32 Å². The van der Waals surface area contributed by atoms with E-state index in [4.69, 9.17) is 27.9 Å². The molecule has 2 nitrogen and oxygen atoms in total. The predicted octanol–water partition coefficient (Wildman–Crippen LogP) is 5.07. The van der Waals surface area contributed by atoms with Crippen molar-refractivity contribution in [1.29, 1.82) is 0 Å². The van der Waals surface area contributed by atoms with Gasteiger partial charge in [-0.1, -0.05) is 36.2 Å². The highest BCUT2D eigenvalue weighted by Gasteiger charge is 2.20. The van der Waals surface area contributed by atoms with Gasteiger partial charge in [-0.15, -0.1) is 11.3 Å². The predicted molar refractivity (Wildman–Crippen MR) is 87.6 cm³/mol. The second kappa shape index (κ2) is 6.81. The highest BCUT2D eigenvalue weighted by Crippen LogP contribution is 2.38. The second-order valence-electron chi connectivity index (χ2n) is 4.49. The number of thiophene rings is 1. The minimum atomic E-state index is 0.0437. The molecule has 0 amide bonds. The summed E-state index contributed by atoms with van der Waals surface area (Å²) in [5.74, 6) is 0.857. The Morgan fingerprint density at radius 3 is 2.50 bits per heavy atom. The van der Waals surface area contributed by atoms with Crippen LogP contribution < -0.4 is 10.1 Å². The summed E-state index contributed by atoms with van der Waals surface area (Å²) >= 11 is 13.8. The van der Waals surface area contributed by atoms with Gasteiger partial charge in [-0.2, -0.15) is 0 Å². The first-order valence-electron chi connectivity index (χ1n) is 6.39. The van der Waals surface area contributed by atoms with Crippen LogP contribution in [0, 0.1) is 6.92 Å². The van der Waals surface area contributed by atoms with E-state index in [-0.39, 0.29) is 6.04 Å². The third kappa shape index (κ3) is 3.29. The highest BCUT2D eigenvalue weighted by atomic mass is 35.5. The summed E-state index contributed by atoms with van der Waals surface area (Å²) in [5, 5.41) is 3.47. The number of hydrogen-bond donors (Lipinski definition) is 1. The van der Waals surface area contributed by atoms with Crippen LogP contribution in [0.15, 0.2) is 24.3 Å². The van der Waals surface area contributed by atoms with E-state index < -0.39 is 0 Å². The molecule has 2 rings (SSSR count). The standard InChI is InChI=1S/C15H17Cl2NOS/c1-4-18-14(12-8-13(16)20-15(12)17)11-6-5-10(19-3)7-9(11)2/h5-8,14,18H,4H2,1-3H3. The Hall–Kier alpha value is -0.740. The van der Waals surface area contributed by atoms with Gasteiger partial charge in [-0.25, -0.2) is 0 Å². The quantitative estimate of drug-likeness (QED) is 0.826. The molecule has 0 radical (unpaired) electrons. The zero-order chi connectivity index (χ0) is 14.7. The Labute approximate surface area is 133 Å². The molecule has 0 aliphatic heterocycles. The van der Waals surface area contributed by atoms with Crippen molar-refractivity contribution >= 4 is 34.5 Å². The van der Waals surface area contributed by atoms with Crippen molar-refractivity contribution in [3.63, 3.8) is 0 Å². The lowest BCUT2D eigenvalue weighted by molar-refractivity contribution is 0.414. The molecule has 20 heavy (non-hydrogen) atoms. The molecule has 1 heterocycles. The lowest BCUT2D eigenvalue weighted by Crippen LogP contribution is -2.22. The van der Waals surface area contributed by atoms with Crippen molar-refractivity contribution in [2.75, 3.05) is 13.7 Å². The lowest BCUT2D eigenvalue weighted by Gasteiger charge is -2.20. The molecule has 108 valence electrons. The minimum Gasteiger partial charge on any atom is -0.497 e. The molecule has 1 aromatic carbocycles. The summed E-state index contributed by atoms with van der Waals surface area (Å²) in [6.45, 7) is 5.00. The van der Waals surface area contributed by atoms with Gasteiger partial charge in [0.05, 0.1) is 21.8 Å². The summed E-state index contributed by atoms with van der Waals surface area (Å²) in [7, 11) is 1.67. The Morgan fingerprint density at radius 1 is 1.25 bits per heavy atom. The van der Waals surface area contributed by atoms with E-state index in [1.165, 1.54) is 16.9 Å². The molecule has 0 spiro atoms. The van der Waals surface area contributed by atoms with Gasteiger partial charge in [0.1, 0.15) is 5.75 Å². The molecule has 0 aliphatic carbocycles. The third-order valence-corrected chi connectivity index (χ3v) is 4.71. The van der Waals surface area contributed by atoms with Crippen molar-refractivity contribution < 1.29 is 4.74 Å². The SMILES string of the molecule is CCNC(c1ccc(OC)cc1C)c1cc(Cl)sc1Cl. The van der Waals surface area contributed by atoms with E-state index in [1.807, 2.05) is 18.2 Å². The normalized spacial score (nSPS) is 12.4. The minimum absolute atomic E-state index is 0.0437. The van der Waals surface area contributed by atoms with Gasteiger partial charge in [-0.05, 0) is 42.8 Å². The zero-order valence-electron chi connectivity index (χ0n) is 11.7. The van der Waals surface area contributed by atoms with Gasteiger partial charge in [0.15, 0.2) is 0 Å². The summed E-state index contributed by atoms with van der Waals surface area (Å²) in [4.78, 5) is 0. The van der Waals surface area contributed by atoms with Gasteiger partial charge in [0, 0.05) is 5.56 Å². The average molecular weight is 330 g/mol. The zero-order valence-corrected chi connectivity index (χ0v) is 14.0. The van der Waals surface area contributed by atoms with E-state index in [9.17, 15) is 0 Å². The Kier molecular flexibility index (Phi) is 5.33. The number of aryl methyl sites for hydroxylation is 1. The fourth-order valence-electron chi connectivity index (χ4n) is 2.24. The number of hydrogen-bond acceptors (Lipinski definition) is 3. The summed E-state index contributed by atoms with van der Waals surface area (Å²) < 4.78 is 6.70. The largest absolute Gasteiger partial charge is 0.497 e. The van der Waals surface area contributed by atoms with Crippen LogP contribution in [0.2, 0.25) is 8.67 Å². The molecule has 0 bridgehead atoms. The maximum absolute atomic E-state index is 6.31. The van der Waals surface area contributed by atoms with Crippen LogP contribution in [0.4, 0.5) is 0 Å². The smallest absolute Gasteiger partial charge is 0.119 e. The van der Waals surface area contributed by atoms with Crippen LogP contribution in [0.1, 0.15) is 29.7 Å².